The second-order valence-corrected chi connectivity index (χ2v) is 5.67. The normalized spacial score (nSPS) is 11.5. The standard InChI is InChI=1S/C15H14N2O5S/c1-10(13-6-3-7-23-13)16-14(18)9-22-15(19)11-4-2-5-12(8-11)17(20)21/h2-8,10H,9H2,1H3,(H,16,18)/t10-/m0/s1. The first-order valence-electron chi connectivity index (χ1n) is 6.71. The minimum absolute atomic E-state index is 0.0262. The number of hydrogen-bond donors (Lipinski definition) is 1. The second kappa shape index (κ2) is 7.50. The monoisotopic (exact) mass is 334 g/mol. The van der Waals surface area contributed by atoms with Gasteiger partial charge in [0.15, 0.2) is 6.61 Å². The van der Waals surface area contributed by atoms with Gasteiger partial charge in [0.1, 0.15) is 0 Å². The Labute approximate surface area is 136 Å². The quantitative estimate of drug-likeness (QED) is 0.497. The fourth-order valence-corrected chi connectivity index (χ4v) is 2.59. The van der Waals surface area contributed by atoms with Crippen LogP contribution in [0.2, 0.25) is 0 Å². The van der Waals surface area contributed by atoms with Gasteiger partial charge in [-0.1, -0.05) is 12.1 Å². The molecule has 1 amide bonds. The largest absolute Gasteiger partial charge is 0.452 e. The van der Waals surface area contributed by atoms with Crippen molar-refractivity contribution in [2.45, 2.75) is 13.0 Å². The first-order valence-corrected chi connectivity index (χ1v) is 7.59. The number of hydrogen-bond acceptors (Lipinski definition) is 6. The molecular formula is C15H14N2O5S. The van der Waals surface area contributed by atoms with Crippen LogP contribution in [-0.2, 0) is 9.53 Å². The van der Waals surface area contributed by atoms with E-state index < -0.39 is 23.4 Å². The Morgan fingerprint density at radius 2 is 2.13 bits per heavy atom. The number of thiophene rings is 1. The maximum atomic E-state index is 11.8. The van der Waals surface area contributed by atoms with Crippen LogP contribution in [-0.4, -0.2) is 23.4 Å². The smallest absolute Gasteiger partial charge is 0.338 e. The van der Waals surface area contributed by atoms with Gasteiger partial charge in [-0.3, -0.25) is 14.9 Å². The van der Waals surface area contributed by atoms with Crippen molar-refractivity contribution in [2.24, 2.45) is 0 Å². The predicted octanol–water partition coefficient (Wildman–Crippen LogP) is 2.69. The summed E-state index contributed by atoms with van der Waals surface area (Å²) >= 11 is 1.51. The van der Waals surface area contributed by atoms with Gasteiger partial charge in [-0.2, -0.15) is 0 Å². The van der Waals surface area contributed by atoms with Gasteiger partial charge in [-0.25, -0.2) is 4.79 Å². The van der Waals surface area contributed by atoms with Gasteiger partial charge in [0.05, 0.1) is 16.5 Å². The third-order valence-corrected chi connectivity index (χ3v) is 4.03. The van der Waals surface area contributed by atoms with Crippen molar-refractivity contribution in [3.8, 4) is 0 Å². The summed E-state index contributed by atoms with van der Waals surface area (Å²) in [4.78, 5) is 34.6. The number of benzene rings is 1. The fraction of sp³-hybridized carbons (Fsp3) is 0.200. The lowest BCUT2D eigenvalue weighted by Crippen LogP contribution is -2.30. The summed E-state index contributed by atoms with van der Waals surface area (Å²) in [6.45, 7) is 1.38. The average Bonchev–Trinajstić information content (AvgIpc) is 3.07. The van der Waals surface area contributed by atoms with Crippen LogP contribution in [0.4, 0.5) is 5.69 Å². The van der Waals surface area contributed by atoms with Gasteiger partial charge in [0, 0.05) is 17.0 Å². The van der Waals surface area contributed by atoms with E-state index in [1.807, 2.05) is 24.4 Å². The molecule has 1 heterocycles. The fourth-order valence-electron chi connectivity index (χ4n) is 1.85. The third-order valence-electron chi connectivity index (χ3n) is 2.97. The van der Waals surface area contributed by atoms with Crippen LogP contribution in [0.3, 0.4) is 0 Å². The Balaban J connectivity index is 1.87. The molecule has 0 radical (unpaired) electrons. The summed E-state index contributed by atoms with van der Waals surface area (Å²) in [6, 6.07) is 8.74. The molecule has 0 saturated heterocycles. The summed E-state index contributed by atoms with van der Waals surface area (Å²) < 4.78 is 4.87. The van der Waals surface area contributed by atoms with E-state index in [0.717, 1.165) is 10.9 Å². The van der Waals surface area contributed by atoms with E-state index >= 15 is 0 Å². The molecule has 1 aromatic heterocycles. The van der Waals surface area contributed by atoms with Crippen molar-refractivity contribution in [3.63, 3.8) is 0 Å². The van der Waals surface area contributed by atoms with Crippen LogP contribution in [0, 0.1) is 10.1 Å². The van der Waals surface area contributed by atoms with Crippen LogP contribution in [0.5, 0.6) is 0 Å². The van der Waals surface area contributed by atoms with Crippen molar-refractivity contribution >= 4 is 28.9 Å². The minimum Gasteiger partial charge on any atom is -0.452 e. The lowest BCUT2D eigenvalue weighted by atomic mass is 10.2. The van der Waals surface area contributed by atoms with E-state index in [1.165, 1.54) is 29.5 Å². The number of carbonyl (C=O) groups is 2. The molecule has 1 aromatic carbocycles. The molecule has 8 heteroatoms. The number of ether oxygens (including phenoxy) is 1. The Bertz CT molecular complexity index is 714. The van der Waals surface area contributed by atoms with Crippen molar-refractivity contribution in [1.82, 2.24) is 5.32 Å². The van der Waals surface area contributed by atoms with Gasteiger partial charge in [-0.05, 0) is 24.4 Å². The Morgan fingerprint density at radius 3 is 2.78 bits per heavy atom. The number of nitro groups is 1. The summed E-state index contributed by atoms with van der Waals surface area (Å²) in [5.74, 6) is -1.22. The molecule has 0 aliphatic rings. The number of nitrogens with zero attached hydrogens (tertiary/aromatic N) is 1. The minimum atomic E-state index is -0.785. The van der Waals surface area contributed by atoms with Crippen LogP contribution in [0.25, 0.3) is 0 Å². The van der Waals surface area contributed by atoms with Gasteiger partial charge in [-0.15, -0.1) is 11.3 Å². The lowest BCUT2D eigenvalue weighted by Gasteiger charge is -2.12. The summed E-state index contributed by atoms with van der Waals surface area (Å²) in [5, 5.41) is 15.3. The van der Waals surface area contributed by atoms with Crippen LogP contribution < -0.4 is 5.32 Å². The van der Waals surface area contributed by atoms with E-state index in [2.05, 4.69) is 5.32 Å². The molecular weight excluding hydrogens is 320 g/mol. The number of rotatable bonds is 6. The summed E-state index contributed by atoms with van der Waals surface area (Å²) in [6.07, 6.45) is 0. The first-order chi connectivity index (χ1) is 11.0. The number of non-ortho nitro benzene ring substituents is 1. The number of nitrogens with one attached hydrogen (secondary N) is 1. The molecule has 2 rings (SSSR count). The summed E-state index contributed by atoms with van der Waals surface area (Å²) in [7, 11) is 0. The van der Waals surface area contributed by atoms with E-state index in [4.69, 9.17) is 4.74 Å². The first kappa shape index (κ1) is 16.6. The molecule has 120 valence electrons. The maximum Gasteiger partial charge on any atom is 0.338 e. The van der Waals surface area contributed by atoms with Crippen molar-refractivity contribution in [3.05, 3.63) is 62.3 Å². The topological polar surface area (TPSA) is 98.5 Å². The lowest BCUT2D eigenvalue weighted by molar-refractivity contribution is -0.384. The van der Waals surface area contributed by atoms with Crippen LogP contribution >= 0.6 is 11.3 Å². The number of nitro benzene ring substituents is 1. The van der Waals surface area contributed by atoms with Crippen LogP contribution in [0.1, 0.15) is 28.2 Å². The molecule has 7 nitrogen and oxygen atoms in total. The Kier molecular flexibility index (Phi) is 5.42. The second-order valence-electron chi connectivity index (χ2n) is 4.69. The molecule has 0 unspecified atom stereocenters. The maximum absolute atomic E-state index is 11.8. The average molecular weight is 334 g/mol. The molecule has 0 fully saturated rings. The highest BCUT2D eigenvalue weighted by Gasteiger charge is 2.15. The predicted molar refractivity (Wildman–Crippen MR) is 84.3 cm³/mol. The SMILES string of the molecule is C[C@H](NC(=O)COC(=O)c1cccc([N+](=O)[O-])c1)c1cccs1. The van der Waals surface area contributed by atoms with E-state index in [0.29, 0.717) is 0 Å². The van der Waals surface area contributed by atoms with Gasteiger partial charge in [0.2, 0.25) is 0 Å². The molecule has 0 spiro atoms. The summed E-state index contributed by atoms with van der Waals surface area (Å²) in [5.41, 5.74) is -0.187. The van der Waals surface area contributed by atoms with E-state index in [-0.39, 0.29) is 17.3 Å². The highest BCUT2D eigenvalue weighted by molar-refractivity contribution is 7.10. The number of esters is 1. The zero-order valence-corrected chi connectivity index (χ0v) is 13.0. The highest BCUT2D eigenvalue weighted by Crippen LogP contribution is 2.18. The Hall–Kier alpha value is -2.74. The van der Waals surface area contributed by atoms with Crippen molar-refractivity contribution < 1.29 is 19.2 Å². The molecule has 0 aliphatic heterocycles. The zero-order valence-electron chi connectivity index (χ0n) is 12.2. The van der Waals surface area contributed by atoms with Gasteiger partial charge < -0.3 is 10.1 Å². The number of amides is 1. The molecule has 0 aliphatic carbocycles. The van der Waals surface area contributed by atoms with E-state index in [9.17, 15) is 19.7 Å². The molecule has 1 N–H and O–H groups in total. The zero-order chi connectivity index (χ0) is 16.8. The molecule has 0 saturated carbocycles. The molecule has 2 aromatic rings. The Morgan fingerprint density at radius 1 is 1.35 bits per heavy atom. The van der Waals surface area contributed by atoms with Crippen molar-refractivity contribution in [1.29, 1.82) is 0 Å². The number of carbonyl (C=O) groups excluding carboxylic acids is 2. The molecule has 23 heavy (non-hydrogen) atoms. The van der Waals surface area contributed by atoms with Gasteiger partial charge in [0.25, 0.3) is 11.6 Å². The third kappa shape index (κ3) is 4.62. The molecule has 0 bridgehead atoms. The van der Waals surface area contributed by atoms with Crippen molar-refractivity contribution in [2.75, 3.05) is 6.61 Å². The molecule has 1 atom stereocenters. The highest BCUT2D eigenvalue weighted by atomic mass is 32.1. The van der Waals surface area contributed by atoms with Gasteiger partial charge >= 0.3 is 5.97 Å². The van der Waals surface area contributed by atoms with E-state index in [1.54, 1.807) is 0 Å². The van der Waals surface area contributed by atoms with Crippen LogP contribution in [0.15, 0.2) is 41.8 Å².